The highest BCUT2D eigenvalue weighted by Crippen LogP contribution is 2.14. The molecule has 82 valence electrons. The van der Waals surface area contributed by atoms with Gasteiger partial charge in [-0.3, -0.25) is 14.9 Å². The fourth-order valence-corrected chi connectivity index (χ4v) is 0.768. The molecule has 5 nitrogen and oxygen atoms in total. The van der Waals surface area contributed by atoms with E-state index in [0.29, 0.717) is 5.56 Å². The zero-order valence-corrected chi connectivity index (χ0v) is 8.64. The molecule has 15 heavy (non-hydrogen) atoms. The first-order chi connectivity index (χ1) is 6.99. The van der Waals surface area contributed by atoms with Crippen LogP contribution in [0.4, 0.5) is 5.69 Å². The summed E-state index contributed by atoms with van der Waals surface area (Å²) >= 11 is 0. The summed E-state index contributed by atoms with van der Waals surface area (Å²) in [6.07, 6.45) is 0.222. The molecule has 1 aromatic carbocycles. The Morgan fingerprint density at radius 1 is 1.47 bits per heavy atom. The van der Waals surface area contributed by atoms with Crippen LogP contribution >= 0.6 is 0 Å². The molecule has 0 aliphatic rings. The van der Waals surface area contributed by atoms with E-state index in [2.05, 4.69) is 0 Å². The van der Waals surface area contributed by atoms with Gasteiger partial charge in [-0.05, 0) is 6.92 Å². The van der Waals surface area contributed by atoms with E-state index in [0.717, 1.165) is 0 Å². The molecule has 1 N–H and O–H groups in total. The molecule has 0 bridgehead atoms. The lowest BCUT2D eigenvalue weighted by Crippen LogP contribution is -1.89. The third kappa shape index (κ3) is 5.41. The van der Waals surface area contributed by atoms with E-state index >= 15 is 0 Å². The van der Waals surface area contributed by atoms with Gasteiger partial charge in [-0.2, -0.15) is 0 Å². The molecule has 1 aromatic rings. The van der Waals surface area contributed by atoms with E-state index < -0.39 is 5.97 Å². The van der Waals surface area contributed by atoms with Crippen molar-refractivity contribution in [3.63, 3.8) is 0 Å². The Hall–Kier alpha value is -1.91. The Morgan fingerprint density at radius 3 is 2.20 bits per heavy atom. The average molecular weight is 211 g/mol. The summed E-state index contributed by atoms with van der Waals surface area (Å²) < 4.78 is 0. The zero-order chi connectivity index (χ0) is 11.8. The number of aryl methyl sites for hydroxylation is 1. The van der Waals surface area contributed by atoms with Crippen LogP contribution in [0.2, 0.25) is 0 Å². The zero-order valence-electron chi connectivity index (χ0n) is 8.64. The second kappa shape index (κ2) is 6.53. The van der Waals surface area contributed by atoms with Gasteiger partial charge in [0, 0.05) is 18.1 Å². The molecule has 0 saturated carbocycles. The van der Waals surface area contributed by atoms with Crippen LogP contribution in [-0.4, -0.2) is 16.0 Å². The van der Waals surface area contributed by atoms with Gasteiger partial charge < -0.3 is 5.11 Å². The standard InChI is InChI=1S/C7H7NO2.C3H6O2/c1-6-4-2-3-5-7(6)8(9)10;1-2-3(4)5/h2-5H,1H3;2H2,1H3,(H,4,5). The van der Waals surface area contributed by atoms with Crippen molar-refractivity contribution in [3.05, 3.63) is 39.9 Å². The summed E-state index contributed by atoms with van der Waals surface area (Å²) in [7, 11) is 0. The van der Waals surface area contributed by atoms with Crippen molar-refractivity contribution in [1.29, 1.82) is 0 Å². The normalized spacial score (nSPS) is 8.67. The van der Waals surface area contributed by atoms with Crippen molar-refractivity contribution >= 4 is 11.7 Å². The summed E-state index contributed by atoms with van der Waals surface area (Å²) in [5.41, 5.74) is 0.884. The number of nitrogens with zero attached hydrogens (tertiary/aromatic N) is 1. The topological polar surface area (TPSA) is 80.4 Å². The minimum absolute atomic E-state index is 0.183. The first kappa shape index (κ1) is 13.1. The molecule has 0 aliphatic carbocycles. The summed E-state index contributed by atoms with van der Waals surface area (Å²) in [5, 5.41) is 17.9. The van der Waals surface area contributed by atoms with Gasteiger partial charge in [0.15, 0.2) is 0 Å². The van der Waals surface area contributed by atoms with E-state index in [1.807, 2.05) is 0 Å². The molecular formula is C10H13NO4. The fraction of sp³-hybridized carbons (Fsp3) is 0.300. The number of aliphatic carboxylic acids is 1. The van der Waals surface area contributed by atoms with E-state index in [1.165, 1.54) is 6.07 Å². The van der Waals surface area contributed by atoms with Crippen LogP contribution in [0.25, 0.3) is 0 Å². The molecule has 0 radical (unpaired) electrons. The van der Waals surface area contributed by atoms with Gasteiger partial charge in [-0.25, -0.2) is 0 Å². The summed E-state index contributed by atoms with van der Waals surface area (Å²) in [6, 6.07) is 6.65. The van der Waals surface area contributed by atoms with Crippen molar-refractivity contribution in [3.8, 4) is 0 Å². The van der Waals surface area contributed by atoms with Crippen molar-refractivity contribution < 1.29 is 14.8 Å². The number of para-hydroxylation sites is 1. The first-order valence-electron chi connectivity index (χ1n) is 4.40. The van der Waals surface area contributed by atoms with E-state index in [4.69, 9.17) is 5.11 Å². The Labute approximate surface area is 87.5 Å². The van der Waals surface area contributed by atoms with Crippen molar-refractivity contribution in [1.82, 2.24) is 0 Å². The van der Waals surface area contributed by atoms with E-state index in [-0.39, 0.29) is 17.0 Å². The molecule has 5 heteroatoms. The smallest absolute Gasteiger partial charge is 0.303 e. The molecule has 0 fully saturated rings. The maximum absolute atomic E-state index is 10.2. The molecule has 0 heterocycles. The minimum Gasteiger partial charge on any atom is -0.481 e. The number of carboxylic acids is 1. The van der Waals surface area contributed by atoms with Crippen molar-refractivity contribution in [2.45, 2.75) is 20.3 Å². The van der Waals surface area contributed by atoms with Crippen LogP contribution in [0.15, 0.2) is 24.3 Å². The predicted octanol–water partition coefficient (Wildman–Crippen LogP) is 2.38. The van der Waals surface area contributed by atoms with Crippen LogP contribution < -0.4 is 0 Å². The highest BCUT2D eigenvalue weighted by molar-refractivity contribution is 5.66. The average Bonchev–Trinajstić information content (AvgIpc) is 2.19. The second-order valence-corrected chi connectivity index (χ2v) is 2.79. The first-order valence-corrected chi connectivity index (χ1v) is 4.40. The third-order valence-corrected chi connectivity index (χ3v) is 1.61. The largest absolute Gasteiger partial charge is 0.481 e. The number of carboxylic acid groups (broad SMARTS) is 1. The van der Waals surface area contributed by atoms with Gasteiger partial charge in [0.05, 0.1) is 4.92 Å². The van der Waals surface area contributed by atoms with Gasteiger partial charge in [-0.1, -0.05) is 25.1 Å². The van der Waals surface area contributed by atoms with Crippen LogP contribution in [0, 0.1) is 17.0 Å². The number of rotatable bonds is 2. The summed E-state index contributed by atoms with van der Waals surface area (Å²) in [4.78, 5) is 19.2. The highest BCUT2D eigenvalue weighted by atomic mass is 16.6. The molecule has 1 rings (SSSR count). The number of hydrogen-bond donors (Lipinski definition) is 1. The molecule has 0 atom stereocenters. The lowest BCUT2D eigenvalue weighted by atomic mass is 10.2. The quantitative estimate of drug-likeness (QED) is 0.601. The van der Waals surface area contributed by atoms with Crippen molar-refractivity contribution in [2.75, 3.05) is 0 Å². The van der Waals surface area contributed by atoms with Crippen LogP contribution in [0.5, 0.6) is 0 Å². The fourth-order valence-electron chi connectivity index (χ4n) is 0.768. The summed E-state index contributed by atoms with van der Waals surface area (Å²) in [5.74, 6) is -0.745. The molecular weight excluding hydrogens is 198 g/mol. The summed E-state index contributed by atoms with van der Waals surface area (Å²) in [6.45, 7) is 3.32. The number of nitro benzene ring substituents is 1. The van der Waals surface area contributed by atoms with Crippen LogP contribution in [0.3, 0.4) is 0 Å². The maximum atomic E-state index is 10.2. The van der Waals surface area contributed by atoms with Gasteiger partial charge in [0.1, 0.15) is 0 Å². The Balaban J connectivity index is 0.000000336. The molecule has 0 amide bonds. The number of nitro groups is 1. The lowest BCUT2D eigenvalue weighted by molar-refractivity contribution is -0.385. The molecule has 0 aromatic heterocycles. The Kier molecular flexibility index (Phi) is 5.70. The van der Waals surface area contributed by atoms with Crippen LogP contribution in [-0.2, 0) is 4.79 Å². The Morgan fingerprint density at radius 2 is 1.93 bits per heavy atom. The SMILES string of the molecule is CCC(=O)O.Cc1ccccc1[N+](=O)[O-]. The lowest BCUT2D eigenvalue weighted by Gasteiger charge is -1.92. The minimum atomic E-state index is -0.745. The van der Waals surface area contributed by atoms with Gasteiger partial charge in [0.2, 0.25) is 0 Å². The Bertz CT molecular complexity index is 349. The van der Waals surface area contributed by atoms with E-state index in [1.54, 1.807) is 32.0 Å². The molecule has 0 spiro atoms. The highest BCUT2D eigenvalue weighted by Gasteiger charge is 2.05. The van der Waals surface area contributed by atoms with Crippen molar-refractivity contribution in [2.24, 2.45) is 0 Å². The molecule has 0 unspecified atom stereocenters. The molecule has 0 aliphatic heterocycles. The number of hydrogen-bond acceptors (Lipinski definition) is 3. The number of benzene rings is 1. The van der Waals surface area contributed by atoms with Gasteiger partial charge >= 0.3 is 5.97 Å². The van der Waals surface area contributed by atoms with Gasteiger partial charge in [0.25, 0.3) is 5.69 Å². The second-order valence-electron chi connectivity index (χ2n) is 2.79. The van der Waals surface area contributed by atoms with Crippen LogP contribution in [0.1, 0.15) is 18.9 Å². The number of carbonyl (C=O) groups is 1. The predicted molar refractivity (Wildman–Crippen MR) is 55.8 cm³/mol. The van der Waals surface area contributed by atoms with E-state index in [9.17, 15) is 14.9 Å². The monoisotopic (exact) mass is 211 g/mol. The third-order valence-electron chi connectivity index (χ3n) is 1.61. The maximum Gasteiger partial charge on any atom is 0.303 e. The van der Waals surface area contributed by atoms with Gasteiger partial charge in [-0.15, -0.1) is 0 Å². The molecule has 0 saturated heterocycles.